The van der Waals surface area contributed by atoms with Gasteiger partial charge in [-0.25, -0.2) is 4.79 Å². The van der Waals surface area contributed by atoms with Gasteiger partial charge in [-0.2, -0.15) is 0 Å². The highest BCUT2D eigenvalue weighted by molar-refractivity contribution is 5.75. The van der Waals surface area contributed by atoms with Crippen LogP contribution in [0.2, 0.25) is 0 Å². The average molecular weight is 371 g/mol. The van der Waals surface area contributed by atoms with Crippen molar-refractivity contribution in [3.8, 4) is 0 Å². The van der Waals surface area contributed by atoms with Gasteiger partial charge in [-0.05, 0) is 37.3 Å². The zero-order chi connectivity index (χ0) is 19.8. The summed E-state index contributed by atoms with van der Waals surface area (Å²) in [6.45, 7) is 8.03. The molecule has 1 aromatic carbocycles. The Hall–Kier alpha value is -2.83. The smallest absolute Gasteiger partial charge is 0.315 e. The van der Waals surface area contributed by atoms with Gasteiger partial charge in [-0.15, -0.1) is 0 Å². The number of furan rings is 1. The monoisotopic (exact) mass is 371 g/mol. The lowest BCUT2D eigenvalue weighted by atomic mass is 9.75. The molecule has 7 nitrogen and oxygen atoms in total. The van der Waals surface area contributed by atoms with E-state index in [2.05, 4.69) is 24.5 Å². The molecule has 2 N–H and O–H groups in total. The molecule has 2 amide bonds. The van der Waals surface area contributed by atoms with E-state index in [0.29, 0.717) is 5.56 Å². The van der Waals surface area contributed by atoms with Crippen LogP contribution in [-0.4, -0.2) is 11.0 Å². The number of benzene rings is 1. The molecule has 0 saturated carbocycles. The van der Waals surface area contributed by atoms with E-state index in [1.54, 1.807) is 19.1 Å². The molecule has 144 valence electrons. The van der Waals surface area contributed by atoms with Crippen LogP contribution in [0, 0.1) is 22.5 Å². The molecular formula is C20H25N3O4. The van der Waals surface area contributed by atoms with Gasteiger partial charge < -0.3 is 15.1 Å². The quantitative estimate of drug-likeness (QED) is 0.607. The minimum Gasteiger partial charge on any atom is -0.466 e. The number of urea groups is 1. The third-order valence-corrected chi connectivity index (χ3v) is 4.97. The molecule has 0 spiro atoms. The van der Waals surface area contributed by atoms with Gasteiger partial charge in [0.15, 0.2) is 0 Å². The molecule has 0 fully saturated rings. The largest absolute Gasteiger partial charge is 0.466 e. The summed E-state index contributed by atoms with van der Waals surface area (Å²) in [7, 11) is 0. The van der Waals surface area contributed by atoms with E-state index in [1.807, 2.05) is 13.0 Å². The fourth-order valence-electron chi connectivity index (χ4n) is 3.70. The van der Waals surface area contributed by atoms with Crippen molar-refractivity contribution >= 4 is 11.7 Å². The summed E-state index contributed by atoms with van der Waals surface area (Å²) in [6.07, 6.45) is 1.66. The van der Waals surface area contributed by atoms with Crippen molar-refractivity contribution in [2.24, 2.45) is 5.41 Å². The molecule has 2 atom stereocenters. The maximum atomic E-state index is 12.6. The van der Waals surface area contributed by atoms with Crippen LogP contribution < -0.4 is 10.6 Å². The zero-order valence-corrected chi connectivity index (χ0v) is 16.0. The normalized spacial score (nSPS) is 19.0. The second-order valence-electron chi connectivity index (χ2n) is 8.02. The molecule has 0 radical (unpaired) electrons. The van der Waals surface area contributed by atoms with Crippen molar-refractivity contribution in [2.45, 2.75) is 52.6 Å². The first-order chi connectivity index (χ1) is 12.6. The fourth-order valence-corrected chi connectivity index (χ4v) is 3.70. The standard InChI is InChI=1S/C20H25N3O4/c1-12-8-16-17(10-20(3,4)11-18(16)27-12)22-19(24)21-13(2)14-6-5-7-15(9-14)23(25)26/h5-9,13,17H,10-11H2,1-4H3,(H2,21,22,24). The number of amides is 2. The van der Waals surface area contributed by atoms with Crippen LogP contribution in [0.5, 0.6) is 0 Å². The zero-order valence-electron chi connectivity index (χ0n) is 16.0. The molecule has 0 bridgehead atoms. The van der Waals surface area contributed by atoms with Gasteiger partial charge in [0.25, 0.3) is 5.69 Å². The molecule has 0 aliphatic heterocycles. The van der Waals surface area contributed by atoms with Crippen LogP contribution in [0.3, 0.4) is 0 Å². The van der Waals surface area contributed by atoms with Gasteiger partial charge in [-0.1, -0.05) is 26.0 Å². The highest BCUT2D eigenvalue weighted by Gasteiger charge is 2.35. The van der Waals surface area contributed by atoms with Crippen molar-refractivity contribution in [2.75, 3.05) is 0 Å². The summed E-state index contributed by atoms with van der Waals surface area (Å²) in [6, 6.07) is 7.49. The van der Waals surface area contributed by atoms with Crippen LogP contribution in [0.15, 0.2) is 34.7 Å². The fraction of sp³-hybridized carbons (Fsp3) is 0.450. The Morgan fingerprint density at radius 1 is 1.37 bits per heavy atom. The van der Waals surface area contributed by atoms with Gasteiger partial charge in [0, 0.05) is 24.1 Å². The van der Waals surface area contributed by atoms with Gasteiger partial charge >= 0.3 is 6.03 Å². The van der Waals surface area contributed by atoms with E-state index < -0.39 is 4.92 Å². The summed E-state index contributed by atoms with van der Waals surface area (Å²) in [4.78, 5) is 23.1. The minimum atomic E-state index is -0.441. The Kier molecular flexibility index (Phi) is 4.95. The van der Waals surface area contributed by atoms with E-state index in [-0.39, 0.29) is 29.2 Å². The Morgan fingerprint density at radius 2 is 2.11 bits per heavy atom. The van der Waals surface area contributed by atoms with Crippen LogP contribution in [-0.2, 0) is 6.42 Å². The van der Waals surface area contributed by atoms with Crippen molar-refractivity contribution in [3.05, 3.63) is 63.1 Å². The van der Waals surface area contributed by atoms with Crippen molar-refractivity contribution in [1.29, 1.82) is 0 Å². The molecule has 7 heteroatoms. The Balaban J connectivity index is 1.70. The highest BCUT2D eigenvalue weighted by atomic mass is 16.6. The summed E-state index contributed by atoms with van der Waals surface area (Å²) in [5, 5.41) is 16.8. The second-order valence-corrected chi connectivity index (χ2v) is 8.02. The highest BCUT2D eigenvalue weighted by Crippen LogP contribution is 2.42. The lowest BCUT2D eigenvalue weighted by molar-refractivity contribution is -0.384. The van der Waals surface area contributed by atoms with E-state index in [4.69, 9.17) is 4.42 Å². The number of hydrogen-bond acceptors (Lipinski definition) is 4. The number of fused-ring (bicyclic) bond motifs is 1. The van der Waals surface area contributed by atoms with Gasteiger partial charge in [0.2, 0.25) is 0 Å². The number of carbonyl (C=O) groups is 1. The first kappa shape index (κ1) is 18.9. The topological polar surface area (TPSA) is 97.4 Å². The van der Waals surface area contributed by atoms with Crippen molar-refractivity contribution in [1.82, 2.24) is 10.6 Å². The molecule has 0 saturated heterocycles. The molecule has 1 aliphatic rings. The number of hydrogen-bond donors (Lipinski definition) is 2. The molecular weight excluding hydrogens is 346 g/mol. The third kappa shape index (κ3) is 4.30. The Morgan fingerprint density at radius 3 is 2.81 bits per heavy atom. The number of rotatable bonds is 4. The lowest BCUT2D eigenvalue weighted by Crippen LogP contribution is -2.42. The number of nitro groups is 1. The molecule has 1 aromatic heterocycles. The van der Waals surface area contributed by atoms with E-state index in [1.165, 1.54) is 12.1 Å². The Bertz CT molecular complexity index is 872. The second kappa shape index (κ2) is 7.06. The van der Waals surface area contributed by atoms with E-state index in [0.717, 1.165) is 29.9 Å². The van der Waals surface area contributed by atoms with Crippen molar-refractivity contribution < 1.29 is 14.1 Å². The Labute approximate surface area is 158 Å². The van der Waals surface area contributed by atoms with Gasteiger partial charge in [0.1, 0.15) is 11.5 Å². The predicted octanol–water partition coefficient (Wildman–Crippen LogP) is 4.57. The molecule has 1 heterocycles. The minimum absolute atomic E-state index is 0.00843. The summed E-state index contributed by atoms with van der Waals surface area (Å²) < 4.78 is 5.80. The summed E-state index contributed by atoms with van der Waals surface area (Å²) in [5.41, 5.74) is 1.75. The van der Waals surface area contributed by atoms with Gasteiger partial charge in [-0.3, -0.25) is 10.1 Å². The number of nitrogens with one attached hydrogen (secondary N) is 2. The molecule has 2 aromatic rings. The van der Waals surface area contributed by atoms with Crippen LogP contribution in [0.25, 0.3) is 0 Å². The number of aryl methyl sites for hydroxylation is 1. The molecule has 2 unspecified atom stereocenters. The predicted molar refractivity (Wildman–Crippen MR) is 101 cm³/mol. The van der Waals surface area contributed by atoms with Crippen LogP contribution in [0.4, 0.5) is 10.5 Å². The van der Waals surface area contributed by atoms with Crippen LogP contribution >= 0.6 is 0 Å². The molecule has 1 aliphatic carbocycles. The summed E-state index contributed by atoms with van der Waals surface area (Å²) in [5.74, 6) is 1.77. The SMILES string of the molecule is Cc1cc2c(o1)CC(C)(C)CC2NC(=O)NC(C)c1cccc([N+](=O)[O-])c1. The molecule has 27 heavy (non-hydrogen) atoms. The number of nitrogens with zero attached hydrogens (tertiary/aromatic N) is 1. The van der Waals surface area contributed by atoms with E-state index >= 15 is 0 Å². The third-order valence-electron chi connectivity index (χ3n) is 4.97. The first-order valence-electron chi connectivity index (χ1n) is 9.05. The number of non-ortho nitro benzene ring substituents is 1. The van der Waals surface area contributed by atoms with Crippen molar-refractivity contribution in [3.63, 3.8) is 0 Å². The number of nitro benzene ring substituents is 1. The van der Waals surface area contributed by atoms with Crippen LogP contribution in [0.1, 0.15) is 61.9 Å². The number of carbonyl (C=O) groups excluding carboxylic acids is 1. The summed E-state index contributed by atoms with van der Waals surface area (Å²) >= 11 is 0. The van der Waals surface area contributed by atoms with Gasteiger partial charge in [0.05, 0.1) is 17.0 Å². The maximum Gasteiger partial charge on any atom is 0.315 e. The average Bonchev–Trinajstić information content (AvgIpc) is 2.93. The maximum absolute atomic E-state index is 12.6. The van der Waals surface area contributed by atoms with E-state index in [9.17, 15) is 14.9 Å². The lowest BCUT2D eigenvalue weighted by Gasteiger charge is -2.34. The molecule has 3 rings (SSSR count). The first-order valence-corrected chi connectivity index (χ1v) is 9.05.